The minimum absolute atomic E-state index is 0.112. The molecule has 4 rings (SSSR count). The summed E-state index contributed by atoms with van der Waals surface area (Å²) in [5.41, 5.74) is 1.68. The molecule has 4 heteroatoms. The molecular weight excluding hydrogens is 242 g/mol. The Morgan fingerprint density at radius 2 is 2.11 bits per heavy atom. The Morgan fingerprint density at radius 3 is 2.74 bits per heavy atom. The van der Waals surface area contributed by atoms with E-state index in [4.69, 9.17) is 4.74 Å². The van der Waals surface area contributed by atoms with Crippen LogP contribution in [0.25, 0.3) is 6.08 Å². The molecule has 0 unspecified atom stereocenters. The van der Waals surface area contributed by atoms with Crippen molar-refractivity contribution in [2.45, 2.75) is 12.8 Å². The number of rotatable bonds is 2. The predicted octanol–water partition coefficient (Wildman–Crippen LogP) is 2.04. The summed E-state index contributed by atoms with van der Waals surface area (Å²) in [6, 6.07) is 5.13. The first-order chi connectivity index (χ1) is 9.19. The standard InChI is InChI=1S/C15H17NO3/c1-19-14-9-10(2-3-13(14)17)8-12-15(18)11-4-6-16(12)7-5-11/h2-3,8-9,11,17H,4-7H2,1H3/b12-8-. The van der Waals surface area contributed by atoms with Crippen LogP contribution in [0.3, 0.4) is 0 Å². The fourth-order valence-corrected chi connectivity index (χ4v) is 2.85. The summed E-state index contributed by atoms with van der Waals surface area (Å²) in [5.74, 6) is 0.999. The fourth-order valence-electron chi connectivity index (χ4n) is 2.85. The Morgan fingerprint density at radius 1 is 1.37 bits per heavy atom. The number of ether oxygens (including phenoxy) is 1. The lowest BCUT2D eigenvalue weighted by Gasteiger charge is -2.41. The van der Waals surface area contributed by atoms with E-state index in [1.165, 1.54) is 7.11 Å². The summed E-state index contributed by atoms with van der Waals surface area (Å²) in [7, 11) is 1.52. The molecule has 3 heterocycles. The molecule has 100 valence electrons. The molecule has 1 aromatic carbocycles. The van der Waals surface area contributed by atoms with Gasteiger partial charge >= 0.3 is 0 Å². The molecule has 4 nitrogen and oxygen atoms in total. The maximum Gasteiger partial charge on any atom is 0.182 e. The van der Waals surface area contributed by atoms with E-state index in [1.807, 2.05) is 6.08 Å². The number of aromatic hydroxyl groups is 1. The van der Waals surface area contributed by atoms with Gasteiger partial charge in [-0.1, -0.05) is 6.07 Å². The lowest BCUT2D eigenvalue weighted by atomic mass is 9.84. The maximum atomic E-state index is 12.2. The van der Waals surface area contributed by atoms with Gasteiger partial charge in [0.2, 0.25) is 0 Å². The first-order valence-corrected chi connectivity index (χ1v) is 6.57. The molecule has 19 heavy (non-hydrogen) atoms. The number of allylic oxidation sites excluding steroid dienone is 1. The van der Waals surface area contributed by atoms with Gasteiger partial charge in [-0.2, -0.15) is 0 Å². The highest BCUT2D eigenvalue weighted by atomic mass is 16.5. The van der Waals surface area contributed by atoms with Crippen LogP contribution in [-0.4, -0.2) is 36.0 Å². The molecule has 3 saturated heterocycles. The van der Waals surface area contributed by atoms with E-state index in [-0.39, 0.29) is 17.5 Å². The topological polar surface area (TPSA) is 49.8 Å². The van der Waals surface area contributed by atoms with Gasteiger partial charge in [0.25, 0.3) is 0 Å². The van der Waals surface area contributed by atoms with Gasteiger partial charge in [-0.15, -0.1) is 0 Å². The molecule has 0 saturated carbocycles. The van der Waals surface area contributed by atoms with Crippen molar-refractivity contribution < 1.29 is 14.6 Å². The number of carbonyl (C=O) groups excluding carboxylic acids is 1. The van der Waals surface area contributed by atoms with Gasteiger partial charge in [0.1, 0.15) is 0 Å². The SMILES string of the molecule is COc1cc(/C=C2/C(=O)C3CCN2CC3)ccc1O. The number of benzene rings is 1. The largest absolute Gasteiger partial charge is 0.504 e. The van der Waals surface area contributed by atoms with Gasteiger partial charge in [-0.25, -0.2) is 0 Å². The van der Waals surface area contributed by atoms with Gasteiger partial charge in [0.15, 0.2) is 17.3 Å². The van der Waals surface area contributed by atoms with Crippen molar-refractivity contribution in [3.63, 3.8) is 0 Å². The van der Waals surface area contributed by atoms with Crippen molar-refractivity contribution >= 4 is 11.9 Å². The second kappa shape index (κ2) is 4.61. The minimum atomic E-state index is 0.112. The summed E-state index contributed by atoms with van der Waals surface area (Å²) >= 11 is 0. The third-order valence-corrected chi connectivity index (χ3v) is 3.97. The van der Waals surface area contributed by atoms with Crippen molar-refractivity contribution in [2.24, 2.45) is 5.92 Å². The molecule has 0 amide bonds. The van der Waals surface area contributed by atoms with E-state index in [1.54, 1.807) is 18.2 Å². The van der Waals surface area contributed by atoms with Gasteiger partial charge in [0.05, 0.1) is 12.8 Å². The van der Waals surface area contributed by atoms with E-state index in [2.05, 4.69) is 4.90 Å². The van der Waals surface area contributed by atoms with Gasteiger partial charge < -0.3 is 14.7 Å². The number of Topliss-reactive ketones (excluding diaryl/α,β-unsaturated/α-hetero) is 1. The zero-order chi connectivity index (χ0) is 13.4. The lowest BCUT2D eigenvalue weighted by molar-refractivity contribution is -0.125. The molecule has 0 radical (unpaired) electrons. The van der Waals surface area contributed by atoms with Gasteiger partial charge in [0, 0.05) is 19.0 Å². The second-order valence-corrected chi connectivity index (χ2v) is 5.09. The van der Waals surface area contributed by atoms with Gasteiger partial charge in [-0.3, -0.25) is 4.79 Å². The number of fused-ring (bicyclic) bond motifs is 3. The summed E-state index contributed by atoms with van der Waals surface area (Å²) in [6.07, 6.45) is 3.86. The molecule has 1 N–H and O–H groups in total. The number of methoxy groups -OCH3 is 1. The van der Waals surface area contributed by atoms with E-state index in [0.29, 0.717) is 5.75 Å². The number of phenolic OH excluding ortho intramolecular Hbond substituents is 1. The molecule has 0 aromatic heterocycles. The number of piperidine rings is 3. The van der Waals surface area contributed by atoms with Crippen LogP contribution in [0.2, 0.25) is 0 Å². The molecule has 2 bridgehead atoms. The highest BCUT2D eigenvalue weighted by Crippen LogP contribution is 2.33. The number of ketones is 1. The van der Waals surface area contributed by atoms with Crippen LogP contribution in [0.4, 0.5) is 0 Å². The summed E-state index contributed by atoms with van der Waals surface area (Å²) in [6.45, 7) is 1.94. The number of hydrogen-bond acceptors (Lipinski definition) is 4. The molecule has 0 atom stereocenters. The zero-order valence-electron chi connectivity index (χ0n) is 10.9. The minimum Gasteiger partial charge on any atom is -0.504 e. The average Bonchev–Trinajstić information content (AvgIpc) is 2.45. The maximum absolute atomic E-state index is 12.2. The Kier molecular flexibility index (Phi) is 2.93. The zero-order valence-corrected chi connectivity index (χ0v) is 10.9. The Hall–Kier alpha value is -1.97. The van der Waals surface area contributed by atoms with E-state index < -0.39 is 0 Å². The highest BCUT2D eigenvalue weighted by Gasteiger charge is 2.36. The predicted molar refractivity (Wildman–Crippen MR) is 71.9 cm³/mol. The van der Waals surface area contributed by atoms with Crippen LogP contribution in [0.1, 0.15) is 18.4 Å². The van der Waals surface area contributed by atoms with Crippen LogP contribution < -0.4 is 4.74 Å². The van der Waals surface area contributed by atoms with E-state index in [0.717, 1.165) is 37.2 Å². The quantitative estimate of drug-likeness (QED) is 0.826. The van der Waals surface area contributed by atoms with E-state index >= 15 is 0 Å². The van der Waals surface area contributed by atoms with Crippen molar-refractivity contribution in [1.29, 1.82) is 0 Å². The van der Waals surface area contributed by atoms with Crippen molar-refractivity contribution in [2.75, 3.05) is 20.2 Å². The van der Waals surface area contributed by atoms with Crippen LogP contribution in [-0.2, 0) is 4.79 Å². The number of hydrogen-bond donors (Lipinski definition) is 1. The third kappa shape index (κ3) is 2.07. The smallest absolute Gasteiger partial charge is 0.182 e. The van der Waals surface area contributed by atoms with Crippen molar-refractivity contribution in [1.82, 2.24) is 4.90 Å². The Labute approximate surface area is 112 Å². The fraction of sp³-hybridized carbons (Fsp3) is 0.400. The normalized spacial score (nSPS) is 21.2. The Balaban J connectivity index is 1.95. The Bertz CT molecular complexity index is 542. The molecule has 3 aliphatic heterocycles. The lowest BCUT2D eigenvalue weighted by Crippen LogP contribution is -2.45. The summed E-state index contributed by atoms with van der Waals surface area (Å²) in [5, 5.41) is 9.57. The van der Waals surface area contributed by atoms with E-state index in [9.17, 15) is 9.90 Å². The molecule has 1 aromatic rings. The number of phenols is 1. The summed E-state index contributed by atoms with van der Waals surface area (Å²) in [4.78, 5) is 14.4. The molecule has 3 aliphatic rings. The first-order valence-electron chi connectivity index (χ1n) is 6.57. The first kappa shape index (κ1) is 12.1. The second-order valence-electron chi connectivity index (χ2n) is 5.09. The molecular formula is C15H17NO3. The molecule has 0 aliphatic carbocycles. The molecule has 3 fully saturated rings. The summed E-state index contributed by atoms with van der Waals surface area (Å²) < 4.78 is 5.09. The monoisotopic (exact) mass is 259 g/mol. The number of nitrogens with zero attached hydrogens (tertiary/aromatic N) is 1. The van der Waals surface area contributed by atoms with Gasteiger partial charge in [-0.05, 0) is 36.6 Å². The third-order valence-electron chi connectivity index (χ3n) is 3.97. The highest BCUT2D eigenvalue weighted by molar-refractivity contribution is 6.01. The average molecular weight is 259 g/mol. The van der Waals surface area contributed by atoms with Crippen molar-refractivity contribution in [3.8, 4) is 11.5 Å². The van der Waals surface area contributed by atoms with Crippen LogP contribution in [0.15, 0.2) is 23.9 Å². The molecule has 0 spiro atoms. The van der Waals surface area contributed by atoms with Crippen molar-refractivity contribution in [3.05, 3.63) is 29.5 Å². The number of carbonyl (C=O) groups is 1. The van der Waals surface area contributed by atoms with Crippen LogP contribution in [0, 0.1) is 5.92 Å². The van der Waals surface area contributed by atoms with Crippen LogP contribution in [0.5, 0.6) is 11.5 Å². The van der Waals surface area contributed by atoms with Crippen LogP contribution >= 0.6 is 0 Å².